The lowest BCUT2D eigenvalue weighted by Crippen LogP contribution is -2.60. The lowest BCUT2D eigenvalue weighted by atomic mass is 9.83. The van der Waals surface area contributed by atoms with Crippen LogP contribution in [0.2, 0.25) is 0 Å². The first-order chi connectivity index (χ1) is 8.40. The molecule has 4 heteroatoms. The third-order valence-electron chi connectivity index (χ3n) is 5.00. The van der Waals surface area contributed by atoms with Crippen LogP contribution in [-0.2, 0) is 9.47 Å². The van der Waals surface area contributed by atoms with Gasteiger partial charge in [-0.25, -0.2) is 0 Å². The van der Waals surface area contributed by atoms with Crippen molar-refractivity contribution < 1.29 is 9.47 Å². The van der Waals surface area contributed by atoms with Gasteiger partial charge in [0, 0.05) is 30.5 Å². The molecule has 0 aromatic carbocycles. The SMILES string of the molecule is CCC(C)(C)N(C)C1CC2(CCC1N)OCCO2. The van der Waals surface area contributed by atoms with E-state index in [0.29, 0.717) is 6.04 Å². The molecule has 2 rings (SSSR count). The molecule has 106 valence electrons. The fourth-order valence-corrected chi connectivity index (χ4v) is 3.03. The van der Waals surface area contributed by atoms with E-state index in [1.54, 1.807) is 0 Å². The van der Waals surface area contributed by atoms with Gasteiger partial charge in [-0.05, 0) is 33.7 Å². The topological polar surface area (TPSA) is 47.7 Å². The predicted molar refractivity (Wildman–Crippen MR) is 72.4 cm³/mol. The van der Waals surface area contributed by atoms with Crippen molar-refractivity contribution in [1.82, 2.24) is 4.90 Å². The number of likely N-dealkylation sites (N-methyl/N-ethyl adjacent to an activating group) is 1. The summed E-state index contributed by atoms with van der Waals surface area (Å²) >= 11 is 0. The van der Waals surface area contributed by atoms with E-state index < -0.39 is 0 Å². The van der Waals surface area contributed by atoms with Crippen LogP contribution in [-0.4, -0.2) is 48.6 Å². The number of nitrogens with two attached hydrogens (primary N) is 1. The Labute approximate surface area is 111 Å². The van der Waals surface area contributed by atoms with E-state index in [0.717, 1.165) is 38.9 Å². The highest BCUT2D eigenvalue weighted by Crippen LogP contribution is 2.38. The molecule has 1 heterocycles. The molecular formula is C14H28N2O2. The molecule has 1 aliphatic heterocycles. The molecule has 2 fully saturated rings. The third-order valence-corrected chi connectivity index (χ3v) is 5.00. The first-order valence-corrected chi connectivity index (χ1v) is 7.17. The largest absolute Gasteiger partial charge is 0.347 e. The molecule has 2 N–H and O–H groups in total. The van der Waals surface area contributed by atoms with Gasteiger partial charge in [0.2, 0.25) is 0 Å². The highest BCUT2D eigenvalue weighted by molar-refractivity contribution is 4.97. The first kappa shape index (κ1) is 14.3. The quantitative estimate of drug-likeness (QED) is 0.835. The lowest BCUT2D eigenvalue weighted by molar-refractivity contribution is -0.194. The highest BCUT2D eigenvalue weighted by Gasteiger charge is 2.46. The number of rotatable bonds is 3. The van der Waals surface area contributed by atoms with Crippen LogP contribution in [0.25, 0.3) is 0 Å². The monoisotopic (exact) mass is 256 g/mol. The van der Waals surface area contributed by atoms with Gasteiger partial charge in [-0.3, -0.25) is 4.90 Å². The Hall–Kier alpha value is -0.160. The summed E-state index contributed by atoms with van der Waals surface area (Å²) in [6, 6.07) is 0.561. The molecule has 1 spiro atoms. The molecule has 1 aliphatic carbocycles. The van der Waals surface area contributed by atoms with Crippen LogP contribution in [0, 0.1) is 0 Å². The summed E-state index contributed by atoms with van der Waals surface area (Å²) in [7, 11) is 2.18. The molecule has 2 atom stereocenters. The van der Waals surface area contributed by atoms with Crippen LogP contribution in [0.3, 0.4) is 0 Å². The zero-order valence-electron chi connectivity index (χ0n) is 12.2. The van der Waals surface area contributed by atoms with Crippen LogP contribution < -0.4 is 5.73 Å². The van der Waals surface area contributed by atoms with Gasteiger partial charge in [0.25, 0.3) is 0 Å². The summed E-state index contributed by atoms with van der Waals surface area (Å²) in [6.45, 7) is 8.23. The minimum absolute atomic E-state index is 0.166. The molecule has 0 bridgehead atoms. The van der Waals surface area contributed by atoms with Gasteiger partial charge in [0.05, 0.1) is 13.2 Å². The summed E-state index contributed by atoms with van der Waals surface area (Å²) < 4.78 is 11.7. The minimum Gasteiger partial charge on any atom is -0.347 e. The Kier molecular flexibility index (Phi) is 4.02. The summed E-state index contributed by atoms with van der Waals surface area (Å²) in [4.78, 5) is 2.42. The number of hydrogen-bond acceptors (Lipinski definition) is 4. The van der Waals surface area contributed by atoms with Gasteiger partial charge in [-0.15, -0.1) is 0 Å². The molecule has 2 aliphatic rings. The Morgan fingerprint density at radius 1 is 1.33 bits per heavy atom. The number of ether oxygens (including phenoxy) is 2. The zero-order valence-corrected chi connectivity index (χ0v) is 12.2. The fourth-order valence-electron chi connectivity index (χ4n) is 3.03. The second-order valence-corrected chi connectivity index (χ2v) is 6.36. The number of nitrogens with zero attached hydrogens (tertiary/aromatic N) is 1. The van der Waals surface area contributed by atoms with Crippen molar-refractivity contribution in [2.75, 3.05) is 20.3 Å². The third kappa shape index (κ3) is 2.57. The van der Waals surface area contributed by atoms with Crippen LogP contribution in [0.15, 0.2) is 0 Å². The van der Waals surface area contributed by atoms with Crippen LogP contribution in [0.1, 0.15) is 46.5 Å². The van der Waals surface area contributed by atoms with Gasteiger partial charge in [0.1, 0.15) is 0 Å². The maximum Gasteiger partial charge on any atom is 0.170 e. The Morgan fingerprint density at radius 2 is 1.94 bits per heavy atom. The molecule has 2 unspecified atom stereocenters. The van der Waals surface area contributed by atoms with Crippen LogP contribution >= 0.6 is 0 Å². The lowest BCUT2D eigenvalue weighted by Gasteiger charge is -2.48. The maximum atomic E-state index is 6.33. The summed E-state index contributed by atoms with van der Waals surface area (Å²) in [5.41, 5.74) is 6.50. The van der Waals surface area contributed by atoms with Gasteiger partial charge in [-0.1, -0.05) is 6.92 Å². The molecule has 0 amide bonds. The van der Waals surface area contributed by atoms with E-state index in [4.69, 9.17) is 15.2 Å². The minimum atomic E-state index is -0.349. The van der Waals surface area contributed by atoms with Crippen molar-refractivity contribution in [1.29, 1.82) is 0 Å². The average Bonchev–Trinajstić information content (AvgIpc) is 2.80. The van der Waals surface area contributed by atoms with Gasteiger partial charge in [-0.2, -0.15) is 0 Å². The zero-order chi connectivity index (χ0) is 13.4. The Balaban J connectivity index is 2.10. The van der Waals surface area contributed by atoms with Crippen molar-refractivity contribution in [2.24, 2.45) is 5.73 Å². The van der Waals surface area contributed by atoms with Crippen molar-refractivity contribution in [3.05, 3.63) is 0 Å². The number of hydrogen-bond donors (Lipinski definition) is 1. The molecule has 1 saturated carbocycles. The molecule has 4 nitrogen and oxygen atoms in total. The molecular weight excluding hydrogens is 228 g/mol. The maximum absolute atomic E-state index is 6.33. The van der Waals surface area contributed by atoms with Crippen molar-refractivity contribution in [3.8, 4) is 0 Å². The van der Waals surface area contributed by atoms with Gasteiger partial charge in [0.15, 0.2) is 5.79 Å². The van der Waals surface area contributed by atoms with E-state index in [2.05, 4.69) is 32.7 Å². The summed E-state index contributed by atoms with van der Waals surface area (Å²) in [5.74, 6) is -0.349. The molecule has 1 saturated heterocycles. The average molecular weight is 256 g/mol. The van der Waals surface area contributed by atoms with Crippen LogP contribution in [0.5, 0.6) is 0 Å². The fraction of sp³-hybridized carbons (Fsp3) is 1.00. The summed E-state index contributed by atoms with van der Waals surface area (Å²) in [6.07, 6.45) is 3.93. The molecule has 18 heavy (non-hydrogen) atoms. The second kappa shape index (κ2) is 5.08. The van der Waals surface area contributed by atoms with E-state index in [1.807, 2.05) is 0 Å². The van der Waals surface area contributed by atoms with Crippen molar-refractivity contribution in [3.63, 3.8) is 0 Å². The van der Waals surface area contributed by atoms with Crippen molar-refractivity contribution >= 4 is 0 Å². The summed E-state index contributed by atoms with van der Waals surface area (Å²) in [5, 5.41) is 0. The second-order valence-electron chi connectivity index (χ2n) is 6.36. The smallest absolute Gasteiger partial charge is 0.170 e. The Morgan fingerprint density at radius 3 is 2.50 bits per heavy atom. The molecule has 0 aromatic heterocycles. The van der Waals surface area contributed by atoms with Gasteiger partial charge < -0.3 is 15.2 Å². The van der Waals surface area contributed by atoms with E-state index >= 15 is 0 Å². The van der Waals surface area contributed by atoms with Crippen LogP contribution in [0.4, 0.5) is 0 Å². The Bertz CT molecular complexity index is 288. The molecule has 0 aromatic rings. The van der Waals surface area contributed by atoms with E-state index in [1.165, 1.54) is 0 Å². The van der Waals surface area contributed by atoms with Gasteiger partial charge >= 0.3 is 0 Å². The van der Waals surface area contributed by atoms with E-state index in [9.17, 15) is 0 Å². The van der Waals surface area contributed by atoms with Crippen molar-refractivity contribution in [2.45, 2.75) is 69.9 Å². The molecule has 0 radical (unpaired) electrons. The standard InChI is InChI=1S/C14H28N2O2/c1-5-13(2,3)16(4)12-10-14(7-6-11(12)15)17-8-9-18-14/h11-12H,5-10,15H2,1-4H3. The normalized spacial score (nSPS) is 32.3. The highest BCUT2D eigenvalue weighted by atomic mass is 16.7. The predicted octanol–water partition coefficient (Wildman–Crippen LogP) is 1.73. The van der Waals surface area contributed by atoms with E-state index in [-0.39, 0.29) is 17.4 Å². The first-order valence-electron chi connectivity index (χ1n) is 7.17.